The molecule has 2 aliphatic heterocycles. The first-order chi connectivity index (χ1) is 14.1. The number of piperidine rings is 1. The highest BCUT2D eigenvalue weighted by Crippen LogP contribution is 2.24. The highest BCUT2D eigenvalue weighted by molar-refractivity contribution is 6.30. The lowest BCUT2D eigenvalue weighted by Crippen LogP contribution is -2.54. The van der Waals surface area contributed by atoms with Gasteiger partial charge in [0.1, 0.15) is 0 Å². The van der Waals surface area contributed by atoms with Gasteiger partial charge in [0, 0.05) is 56.0 Å². The molecule has 0 aromatic heterocycles. The van der Waals surface area contributed by atoms with Crippen molar-refractivity contribution in [3.8, 4) is 0 Å². The molecule has 1 aromatic rings. The van der Waals surface area contributed by atoms with E-state index in [2.05, 4.69) is 16.3 Å². The van der Waals surface area contributed by atoms with Crippen molar-refractivity contribution in [2.75, 3.05) is 44.2 Å². The zero-order valence-corrected chi connectivity index (χ0v) is 17.7. The first-order valence-electron chi connectivity index (χ1n) is 10.9. The van der Waals surface area contributed by atoms with Gasteiger partial charge < -0.3 is 20.0 Å². The smallest absolute Gasteiger partial charge is 0.317 e. The molecule has 1 aliphatic carbocycles. The zero-order chi connectivity index (χ0) is 20.2. The Bertz CT molecular complexity index is 729. The molecule has 0 bridgehead atoms. The summed E-state index contributed by atoms with van der Waals surface area (Å²) in [6, 6.07) is 8.20. The quantitative estimate of drug-likeness (QED) is 0.818. The van der Waals surface area contributed by atoms with E-state index in [-0.39, 0.29) is 17.9 Å². The van der Waals surface area contributed by atoms with E-state index in [0.29, 0.717) is 12.6 Å². The summed E-state index contributed by atoms with van der Waals surface area (Å²) in [5, 5.41) is 3.90. The number of hydrogen-bond donors (Lipinski definition) is 1. The lowest BCUT2D eigenvalue weighted by Gasteiger charge is -2.40. The Morgan fingerprint density at radius 3 is 2.41 bits per heavy atom. The summed E-state index contributed by atoms with van der Waals surface area (Å²) in [6.45, 7) is 4.36. The fourth-order valence-electron chi connectivity index (χ4n) is 4.82. The van der Waals surface area contributed by atoms with E-state index in [1.807, 2.05) is 28.0 Å². The number of halogens is 1. The molecule has 3 fully saturated rings. The van der Waals surface area contributed by atoms with Gasteiger partial charge in [0.2, 0.25) is 5.91 Å². The van der Waals surface area contributed by atoms with Gasteiger partial charge in [0.25, 0.3) is 0 Å². The molecular formula is C22H31ClN4O2. The summed E-state index contributed by atoms with van der Waals surface area (Å²) in [5.74, 6) is 0.130. The van der Waals surface area contributed by atoms with Crippen LogP contribution in [-0.2, 0) is 4.79 Å². The minimum atomic E-state index is -0.0733. The van der Waals surface area contributed by atoms with Crippen LogP contribution in [0, 0.1) is 5.92 Å². The number of likely N-dealkylation sites (tertiary alicyclic amines) is 1. The van der Waals surface area contributed by atoms with Crippen LogP contribution in [-0.4, -0.2) is 67.0 Å². The number of nitrogens with one attached hydrogen (secondary N) is 1. The summed E-state index contributed by atoms with van der Waals surface area (Å²) in [7, 11) is 0. The van der Waals surface area contributed by atoms with Gasteiger partial charge in [-0.05, 0) is 43.9 Å². The predicted octanol–water partition coefficient (Wildman–Crippen LogP) is 3.35. The number of benzene rings is 1. The standard InChI is InChI=1S/C22H31ClN4O2/c23-18-6-3-9-20(15-18)25-11-13-26(14-12-25)21(28)17-5-4-10-27(16-17)22(29)24-19-7-1-2-8-19/h3,6,9,15,17,19H,1-2,4-5,7-8,10-14,16H2,(H,24,29)/t17-/m1/s1. The molecule has 4 rings (SSSR count). The summed E-state index contributed by atoms with van der Waals surface area (Å²) in [4.78, 5) is 31.8. The zero-order valence-electron chi connectivity index (χ0n) is 17.0. The molecule has 2 saturated heterocycles. The molecule has 1 saturated carbocycles. The monoisotopic (exact) mass is 418 g/mol. The van der Waals surface area contributed by atoms with Gasteiger partial charge in [-0.2, -0.15) is 0 Å². The molecule has 0 unspecified atom stereocenters. The topological polar surface area (TPSA) is 55.9 Å². The maximum absolute atomic E-state index is 13.1. The van der Waals surface area contributed by atoms with Crippen molar-refractivity contribution in [3.05, 3.63) is 29.3 Å². The molecule has 1 N–H and O–H groups in total. The molecule has 7 heteroatoms. The second kappa shape index (κ2) is 9.24. The van der Waals surface area contributed by atoms with Crippen molar-refractivity contribution in [2.24, 2.45) is 5.92 Å². The van der Waals surface area contributed by atoms with Gasteiger partial charge >= 0.3 is 6.03 Å². The maximum Gasteiger partial charge on any atom is 0.317 e. The predicted molar refractivity (Wildman–Crippen MR) is 115 cm³/mol. The normalized spacial score (nSPS) is 23.3. The Balaban J connectivity index is 1.28. The summed E-state index contributed by atoms with van der Waals surface area (Å²) in [6.07, 6.45) is 6.34. The van der Waals surface area contributed by atoms with Crippen LogP contribution in [0.1, 0.15) is 38.5 Å². The van der Waals surface area contributed by atoms with Gasteiger partial charge in [-0.1, -0.05) is 30.5 Å². The SMILES string of the molecule is O=C(NC1CCCC1)N1CCC[C@@H](C(=O)N2CCN(c3cccc(Cl)c3)CC2)C1. The van der Waals surface area contributed by atoms with E-state index in [4.69, 9.17) is 11.6 Å². The third-order valence-corrected chi connectivity index (χ3v) is 6.74. The Morgan fingerprint density at radius 2 is 1.69 bits per heavy atom. The summed E-state index contributed by atoms with van der Waals surface area (Å²) in [5.41, 5.74) is 1.11. The number of amides is 3. The lowest BCUT2D eigenvalue weighted by molar-refractivity contribution is -0.137. The van der Waals surface area contributed by atoms with Gasteiger partial charge in [-0.3, -0.25) is 4.79 Å². The lowest BCUT2D eigenvalue weighted by atomic mass is 9.96. The second-order valence-corrected chi connectivity index (χ2v) is 8.94. The van der Waals surface area contributed by atoms with Crippen molar-refractivity contribution >= 4 is 29.2 Å². The minimum absolute atomic E-state index is 0.0141. The van der Waals surface area contributed by atoms with Gasteiger partial charge in [0.15, 0.2) is 0 Å². The minimum Gasteiger partial charge on any atom is -0.368 e. The maximum atomic E-state index is 13.1. The van der Waals surface area contributed by atoms with Crippen LogP contribution in [0.4, 0.5) is 10.5 Å². The first kappa shape index (κ1) is 20.3. The van der Waals surface area contributed by atoms with Gasteiger partial charge in [-0.25, -0.2) is 4.79 Å². The Hall–Kier alpha value is -1.95. The number of urea groups is 1. The fraction of sp³-hybridized carbons (Fsp3) is 0.636. The van der Waals surface area contributed by atoms with Crippen LogP contribution in [0.5, 0.6) is 0 Å². The number of rotatable bonds is 3. The number of carbonyl (C=O) groups is 2. The van der Waals surface area contributed by atoms with Gasteiger partial charge in [-0.15, -0.1) is 0 Å². The molecule has 0 radical (unpaired) electrons. The number of hydrogen-bond acceptors (Lipinski definition) is 3. The highest BCUT2D eigenvalue weighted by Gasteiger charge is 2.33. The molecule has 29 heavy (non-hydrogen) atoms. The number of nitrogens with zero attached hydrogens (tertiary/aromatic N) is 3. The van der Waals surface area contributed by atoms with E-state index >= 15 is 0 Å². The number of anilines is 1. The molecule has 1 atom stereocenters. The molecule has 6 nitrogen and oxygen atoms in total. The van der Waals surface area contributed by atoms with Crippen LogP contribution in [0.15, 0.2) is 24.3 Å². The molecule has 3 aliphatic rings. The van der Waals surface area contributed by atoms with Crippen LogP contribution in [0.25, 0.3) is 0 Å². The number of piperazine rings is 1. The van der Waals surface area contributed by atoms with E-state index < -0.39 is 0 Å². The molecule has 0 spiro atoms. The van der Waals surface area contributed by atoms with Crippen molar-refractivity contribution in [1.82, 2.24) is 15.1 Å². The van der Waals surface area contributed by atoms with Crippen molar-refractivity contribution in [3.63, 3.8) is 0 Å². The largest absolute Gasteiger partial charge is 0.368 e. The van der Waals surface area contributed by atoms with Crippen LogP contribution in [0.3, 0.4) is 0 Å². The Morgan fingerprint density at radius 1 is 0.931 bits per heavy atom. The first-order valence-corrected chi connectivity index (χ1v) is 11.3. The molecule has 1 aromatic carbocycles. The van der Waals surface area contributed by atoms with Gasteiger partial charge in [0.05, 0.1) is 5.92 Å². The summed E-state index contributed by atoms with van der Waals surface area (Å²) >= 11 is 6.11. The fourth-order valence-corrected chi connectivity index (χ4v) is 5.00. The molecule has 158 valence electrons. The Kier molecular flexibility index (Phi) is 6.48. The van der Waals surface area contributed by atoms with Crippen LogP contribution < -0.4 is 10.2 Å². The van der Waals surface area contributed by atoms with Crippen molar-refractivity contribution in [2.45, 2.75) is 44.6 Å². The van der Waals surface area contributed by atoms with Crippen molar-refractivity contribution in [1.29, 1.82) is 0 Å². The molecule has 3 amide bonds. The van der Waals surface area contributed by atoms with Crippen molar-refractivity contribution < 1.29 is 9.59 Å². The Labute approximate surface area is 178 Å². The van der Waals surface area contributed by atoms with Crippen LogP contribution in [0.2, 0.25) is 5.02 Å². The number of carbonyl (C=O) groups excluding carboxylic acids is 2. The highest BCUT2D eigenvalue weighted by atomic mass is 35.5. The van der Waals surface area contributed by atoms with Crippen LogP contribution >= 0.6 is 11.6 Å². The average molecular weight is 419 g/mol. The molecular weight excluding hydrogens is 388 g/mol. The molecule has 2 heterocycles. The van der Waals surface area contributed by atoms with E-state index in [1.165, 1.54) is 12.8 Å². The third kappa shape index (κ3) is 4.97. The van der Waals surface area contributed by atoms with E-state index in [1.54, 1.807) is 0 Å². The van der Waals surface area contributed by atoms with E-state index in [0.717, 1.165) is 69.1 Å². The second-order valence-electron chi connectivity index (χ2n) is 8.51. The third-order valence-electron chi connectivity index (χ3n) is 6.51. The summed E-state index contributed by atoms with van der Waals surface area (Å²) < 4.78 is 0. The van der Waals surface area contributed by atoms with E-state index in [9.17, 15) is 9.59 Å². The average Bonchev–Trinajstić information content (AvgIpc) is 3.26.